The number of benzene rings is 1. The summed E-state index contributed by atoms with van der Waals surface area (Å²) in [6.07, 6.45) is 2.23. The van der Waals surface area contributed by atoms with Crippen LogP contribution in [0.2, 0.25) is 0 Å². The fourth-order valence-electron chi connectivity index (χ4n) is 2.62. The van der Waals surface area contributed by atoms with Crippen molar-refractivity contribution in [1.82, 2.24) is 10.6 Å². The van der Waals surface area contributed by atoms with Crippen molar-refractivity contribution < 1.29 is 9.59 Å². The summed E-state index contributed by atoms with van der Waals surface area (Å²) in [6, 6.07) is 9.16. The van der Waals surface area contributed by atoms with Crippen molar-refractivity contribution in [1.29, 1.82) is 0 Å². The Kier molecular flexibility index (Phi) is 6.78. The van der Waals surface area contributed by atoms with Crippen LogP contribution in [0.1, 0.15) is 33.6 Å². The number of carbonyl (C=O) groups is 2. The third-order valence-corrected chi connectivity index (χ3v) is 4.56. The van der Waals surface area contributed by atoms with Crippen LogP contribution in [0.15, 0.2) is 41.1 Å². The molecule has 0 saturated carbocycles. The van der Waals surface area contributed by atoms with Crippen molar-refractivity contribution in [2.45, 2.75) is 18.9 Å². The van der Waals surface area contributed by atoms with E-state index < -0.39 is 0 Å². The van der Waals surface area contributed by atoms with Crippen LogP contribution in [-0.4, -0.2) is 30.9 Å². The summed E-state index contributed by atoms with van der Waals surface area (Å²) in [5, 5.41) is 12.7. The zero-order valence-corrected chi connectivity index (χ0v) is 14.7. The van der Waals surface area contributed by atoms with E-state index in [9.17, 15) is 9.59 Å². The first kappa shape index (κ1) is 18.4. The van der Waals surface area contributed by atoms with E-state index >= 15 is 0 Å². The van der Waals surface area contributed by atoms with E-state index in [1.165, 1.54) is 11.3 Å². The second-order valence-corrected chi connectivity index (χ2v) is 6.30. The lowest BCUT2D eigenvalue weighted by Crippen LogP contribution is -2.37. The Morgan fingerprint density at radius 3 is 2.75 bits per heavy atom. The molecular weight excluding hydrogens is 346 g/mol. The molecule has 0 aliphatic carbocycles. The molecule has 1 atom stereocenters. The highest BCUT2D eigenvalue weighted by atomic mass is 35.5. The van der Waals surface area contributed by atoms with E-state index in [2.05, 4.69) is 16.0 Å². The standard InChI is InChI=1S/C17H19N3O2S.ClH/c21-16(12-7-9-23-11-12)20-15-6-2-1-5-14(15)17(22)19-10-13-4-3-8-18-13;/h1-2,5-7,9,11,13,18H,3-4,8,10H2,(H,19,22)(H,20,21);1H. The van der Waals surface area contributed by atoms with Crippen molar-refractivity contribution >= 4 is 41.2 Å². The molecule has 3 N–H and O–H groups in total. The lowest BCUT2D eigenvalue weighted by molar-refractivity contribution is 0.0951. The van der Waals surface area contributed by atoms with Gasteiger partial charge in [0.2, 0.25) is 0 Å². The van der Waals surface area contributed by atoms with Crippen LogP contribution in [0.4, 0.5) is 5.69 Å². The first-order chi connectivity index (χ1) is 11.2. The molecule has 1 fully saturated rings. The van der Waals surface area contributed by atoms with Crippen LogP contribution >= 0.6 is 23.7 Å². The molecule has 2 amide bonds. The SMILES string of the molecule is Cl.O=C(Nc1ccccc1C(=O)NCC1CCCN1)c1ccsc1. The van der Waals surface area contributed by atoms with Gasteiger partial charge in [-0.2, -0.15) is 11.3 Å². The minimum Gasteiger partial charge on any atom is -0.350 e. The van der Waals surface area contributed by atoms with Crippen molar-refractivity contribution in [2.75, 3.05) is 18.4 Å². The summed E-state index contributed by atoms with van der Waals surface area (Å²) in [5.74, 6) is -0.371. The van der Waals surface area contributed by atoms with Crippen LogP contribution in [-0.2, 0) is 0 Å². The van der Waals surface area contributed by atoms with Gasteiger partial charge in [-0.15, -0.1) is 12.4 Å². The van der Waals surface area contributed by atoms with Gasteiger partial charge in [0.1, 0.15) is 0 Å². The Bertz CT molecular complexity index is 685. The van der Waals surface area contributed by atoms with E-state index in [1.807, 2.05) is 5.38 Å². The average Bonchev–Trinajstić information content (AvgIpc) is 3.26. The predicted octanol–water partition coefficient (Wildman–Crippen LogP) is 2.90. The fraction of sp³-hybridized carbons (Fsp3) is 0.294. The van der Waals surface area contributed by atoms with Gasteiger partial charge in [0.15, 0.2) is 0 Å². The zero-order valence-electron chi connectivity index (χ0n) is 13.1. The zero-order chi connectivity index (χ0) is 16.1. The number of halogens is 1. The third-order valence-electron chi connectivity index (χ3n) is 3.87. The van der Waals surface area contributed by atoms with Crippen LogP contribution in [0.3, 0.4) is 0 Å². The van der Waals surface area contributed by atoms with Crippen molar-refractivity contribution in [2.24, 2.45) is 0 Å². The number of hydrogen-bond acceptors (Lipinski definition) is 4. The maximum Gasteiger partial charge on any atom is 0.256 e. The van der Waals surface area contributed by atoms with E-state index in [1.54, 1.807) is 35.7 Å². The molecule has 1 aliphatic heterocycles. The van der Waals surface area contributed by atoms with Crippen molar-refractivity contribution in [3.05, 3.63) is 52.2 Å². The maximum atomic E-state index is 12.4. The number of thiophene rings is 1. The highest BCUT2D eigenvalue weighted by molar-refractivity contribution is 7.08. The normalized spacial score (nSPS) is 16.2. The number of carbonyl (C=O) groups excluding carboxylic acids is 2. The van der Waals surface area contributed by atoms with E-state index in [4.69, 9.17) is 0 Å². The number of nitrogens with one attached hydrogen (secondary N) is 3. The molecule has 1 unspecified atom stereocenters. The van der Waals surface area contributed by atoms with E-state index in [-0.39, 0.29) is 24.2 Å². The molecule has 0 bridgehead atoms. The molecule has 2 heterocycles. The van der Waals surface area contributed by atoms with E-state index in [0.717, 1.165) is 19.4 Å². The number of rotatable bonds is 5. The summed E-state index contributed by atoms with van der Waals surface area (Å²) < 4.78 is 0. The number of hydrogen-bond donors (Lipinski definition) is 3. The topological polar surface area (TPSA) is 70.2 Å². The molecule has 1 aliphatic rings. The van der Waals surface area contributed by atoms with Gasteiger partial charge in [0.05, 0.1) is 16.8 Å². The van der Waals surface area contributed by atoms with Crippen LogP contribution in [0.5, 0.6) is 0 Å². The molecule has 0 radical (unpaired) electrons. The second kappa shape index (κ2) is 8.82. The molecule has 24 heavy (non-hydrogen) atoms. The minimum atomic E-state index is -0.205. The first-order valence-electron chi connectivity index (χ1n) is 7.68. The summed E-state index contributed by atoms with van der Waals surface area (Å²) in [6.45, 7) is 1.61. The smallest absolute Gasteiger partial charge is 0.256 e. The van der Waals surface area contributed by atoms with E-state index in [0.29, 0.717) is 29.4 Å². The summed E-state index contributed by atoms with van der Waals surface area (Å²) in [5.41, 5.74) is 1.61. The van der Waals surface area contributed by atoms with Crippen molar-refractivity contribution in [3.8, 4) is 0 Å². The molecule has 0 spiro atoms. The Labute approximate surface area is 151 Å². The average molecular weight is 366 g/mol. The molecule has 7 heteroatoms. The van der Waals surface area contributed by atoms with Gasteiger partial charge in [0.25, 0.3) is 11.8 Å². The summed E-state index contributed by atoms with van der Waals surface area (Å²) in [4.78, 5) is 24.6. The number of amides is 2. The second-order valence-electron chi connectivity index (χ2n) is 5.52. The molecule has 1 aromatic heterocycles. The quantitative estimate of drug-likeness (QED) is 0.763. The fourth-order valence-corrected chi connectivity index (χ4v) is 3.26. The molecular formula is C17H20ClN3O2S. The first-order valence-corrected chi connectivity index (χ1v) is 8.62. The number of anilines is 1. The van der Waals surface area contributed by atoms with Gasteiger partial charge < -0.3 is 16.0 Å². The lowest BCUT2D eigenvalue weighted by Gasteiger charge is -2.14. The van der Waals surface area contributed by atoms with Gasteiger partial charge >= 0.3 is 0 Å². The Balaban J connectivity index is 0.00000208. The third kappa shape index (κ3) is 4.56. The largest absolute Gasteiger partial charge is 0.350 e. The Morgan fingerprint density at radius 2 is 2.04 bits per heavy atom. The molecule has 1 aromatic carbocycles. The molecule has 3 rings (SSSR count). The maximum absolute atomic E-state index is 12.4. The number of para-hydroxylation sites is 1. The van der Waals surface area contributed by atoms with Gasteiger partial charge in [-0.05, 0) is 43.0 Å². The Morgan fingerprint density at radius 1 is 1.21 bits per heavy atom. The minimum absolute atomic E-state index is 0. The van der Waals surface area contributed by atoms with Gasteiger partial charge in [-0.25, -0.2) is 0 Å². The molecule has 128 valence electrons. The lowest BCUT2D eigenvalue weighted by atomic mass is 10.1. The summed E-state index contributed by atoms with van der Waals surface area (Å²) >= 11 is 1.46. The highest BCUT2D eigenvalue weighted by Crippen LogP contribution is 2.17. The predicted molar refractivity (Wildman–Crippen MR) is 99.3 cm³/mol. The Hall–Kier alpha value is -1.89. The molecule has 5 nitrogen and oxygen atoms in total. The van der Waals surface area contributed by atoms with Gasteiger partial charge in [-0.1, -0.05) is 12.1 Å². The van der Waals surface area contributed by atoms with Crippen LogP contribution in [0.25, 0.3) is 0 Å². The summed E-state index contributed by atoms with van der Waals surface area (Å²) in [7, 11) is 0. The van der Waals surface area contributed by atoms with Gasteiger partial charge in [-0.3, -0.25) is 9.59 Å². The highest BCUT2D eigenvalue weighted by Gasteiger charge is 2.17. The molecule has 1 saturated heterocycles. The monoisotopic (exact) mass is 365 g/mol. The van der Waals surface area contributed by atoms with Crippen LogP contribution in [0, 0.1) is 0 Å². The van der Waals surface area contributed by atoms with Crippen LogP contribution < -0.4 is 16.0 Å². The van der Waals surface area contributed by atoms with Gasteiger partial charge in [0, 0.05) is 18.0 Å². The molecule has 2 aromatic rings. The van der Waals surface area contributed by atoms with Crippen molar-refractivity contribution in [3.63, 3.8) is 0 Å².